The normalized spacial score (nSPS) is 11.5. The molecule has 10 aromatic carbocycles. The van der Waals surface area contributed by atoms with Crippen LogP contribution in [0.1, 0.15) is 0 Å². The Balaban J connectivity index is 1.11. The Kier molecular flexibility index (Phi) is 8.83. The van der Waals surface area contributed by atoms with Gasteiger partial charge in [-0.2, -0.15) is 0 Å². The summed E-state index contributed by atoms with van der Waals surface area (Å²) in [5.41, 5.74) is 17.4. The fourth-order valence-corrected chi connectivity index (χ4v) is 9.46. The van der Waals surface area contributed by atoms with E-state index in [9.17, 15) is 0 Å². The predicted molar refractivity (Wildman–Crippen MR) is 264 cm³/mol. The van der Waals surface area contributed by atoms with Gasteiger partial charge < -0.3 is 13.9 Å². The molecule has 0 aliphatic heterocycles. The van der Waals surface area contributed by atoms with Crippen LogP contribution >= 0.6 is 0 Å². The molecule has 0 spiro atoms. The molecule has 0 saturated carbocycles. The van der Waals surface area contributed by atoms with E-state index in [2.05, 4.69) is 252 Å². The minimum atomic E-state index is 0.859. The molecule has 12 rings (SSSR count). The van der Waals surface area contributed by atoms with E-state index in [1.807, 2.05) is 0 Å². The number of rotatable bonds is 8. The van der Waals surface area contributed by atoms with Crippen molar-refractivity contribution >= 4 is 60.8 Å². The van der Waals surface area contributed by atoms with E-state index in [4.69, 9.17) is 4.42 Å². The number of para-hydroxylation sites is 4. The topological polar surface area (TPSA) is 21.3 Å². The number of fused-ring (bicyclic) bond motifs is 6. The van der Waals surface area contributed by atoms with E-state index in [1.54, 1.807) is 0 Å². The SMILES string of the molecule is c1ccc(-c2cccc(-c3cccc(N(c4cccc(-c5ccccc5)c4)c4cc(-c5ccccc5-n5c6ccccc6c6ccccc65)c5oc6ccccc6c5c4)c3)c2)cc1. The number of anilines is 3. The molecule has 2 heterocycles. The van der Waals surface area contributed by atoms with Gasteiger partial charge in [0.25, 0.3) is 0 Å². The third-order valence-electron chi connectivity index (χ3n) is 12.4. The molecule has 0 saturated heterocycles. The zero-order valence-electron chi connectivity index (χ0n) is 34.4. The van der Waals surface area contributed by atoms with Crippen LogP contribution in [0, 0.1) is 0 Å². The Labute approximate surface area is 366 Å². The summed E-state index contributed by atoms with van der Waals surface area (Å²) in [7, 11) is 0. The smallest absolute Gasteiger partial charge is 0.143 e. The summed E-state index contributed by atoms with van der Waals surface area (Å²) < 4.78 is 9.32. The molecule has 12 aromatic rings. The van der Waals surface area contributed by atoms with Gasteiger partial charge in [-0.1, -0.05) is 176 Å². The maximum Gasteiger partial charge on any atom is 0.143 e. The molecule has 0 atom stereocenters. The van der Waals surface area contributed by atoms with Gasteiger partial charge in [0.05, 0.1) is 16.7 Å². The Morgan fingerprint density at radius 1 is 0.302 bits per heavy atom. The maximum atomic E-state index is 6.91. The lowest BCUT2D eigenvalue weighted by molar-refractivity contribution is 0.670. The van der Waals surface area contributed by atoms with E-state index in [1.165, 1.54) is 27.5 Å². The molecule has 296 valence electrons. The van der Waals surface area contributed by atoms with Crippen molar-refractivity contribution in [1.82, 2.24) is 4.57 Å². The van der Waals surface area contributed by atoms with Crippen molar-refractivity contribution in [2.75, 3.05) is 4.90 Å². The van der Waals surface area contributed by atoms with Gasteiger partial charge in [-0.15, -0.1) is 0 Å². The maximum absolute atomic E-state index is 6.91. The molecule has 2 aromatic heterocycles. The molecule has 63 heavy (non-hydrogen) atoms. The quantitative estimate of drug-likeness (QED) is 0.153. The molecule has 0 aliphatic carbocycles. The largest absolute Gasteiger partial charge is 0.455 e. The summed E-state index contributed by atoms with van der Waals surface area (Å²) >= 11 is 0. The molecular weight excluding hydrogens is 765 g/mol. The number of hydrogen-bond donors (Lipinski definition) is 0. The van der Waals surface area contributed by atoms with Crippen molar-refractivity contribution in [2.45, 2.75) is 0 Å². The molecule has 0 N–H and O–H groups in total. The first kappa shape index (κ1) is 36.5. The molecule has 0 fully saturated rings. The van der Waals surface area contributed by atoms with Crippen LogP contribution in [-0.4, -0.2) is 4.57 Å². The van der Waals surface area contributed by atoms with Crippen LogP contribution in [0.15, 0.2) is 247 Å². The van der Waals surface area contributed by atoms with Gasteiger partial charge >= 0.3 is 0 Å². The number of benzene rings is 10. The summed E-state index contributed by atoms with van der Waals surface area (Å²) in [4.78, 5) is 2.41. The number of nitrogens with zero attached hydrogens (tertiary/aromatic N) is 2. The van der Waals surface area contributed by atoms with Crippen LogP contribution in [0.25, 0.3) is 93.9 Å². The summed E-state index contributed by atoms with van der Waals surface area (Å²) in [5, 5.41) is 4.59. The molecular formula is C60H40N2O. The van der Waals surface area contributed by atoms with Crippen molar-refractivity contribution in [3.63, 3.8) is 0 Å². The van der Waals surface area contributed by atoms with E-state index >= 15 is 0 Å². The number of furan rings is 1. The summed E-state index contributed by atoms with van der Waals surface area (Å²) in [6, 6.07) is 87.1. The highest BCUT2D eigenvalue weighted by atomic mass is 16.3. The number of aromatic nitrogens is 1. The lowest BCUT2D eigenvalue weighted by Crippen LogP contribution is -2.10. The van der Waals surface area contributed by atoms with Crippen molar-refractivity contribution in [2.24, 2.45) is 0 Å². The van der Waals surface area contributed by atoms with Crippen molar-refractivity contribution < 1.29 is 4.42 Å². The lowest BCUT2D eigenvalue weighted by atomic mass is 9.97. The number of hydrogen-bond acceptors (Lipinski definition) is 2. The minimum Gasteiger partial charge on any atom is -0.455 e. The average molecular weight is 805 g/mol. The second kappa shape index (κ2) is 15.3. The molecule has 0 amide bonds. The zero-order valence-corrected chi connectivity index (χ0v) is 34.4. The monoisotopic (exact) mass is 804 g/mol. The zero-order chi connectivity index (χ0) is 41.7. The average Bonchev–Trinajstić information content (AvgIpc) is 3.91. The second-order valence-electron chi connectivity index (χ2n) is 16.1. The van der Waals surface area contributed by atoms with Crippen LogP contribution in [-0.2, 0) is 0 Å². The first-order valence-electron chi connectivity index (χ1n) is 21.5. The van der Waals surface area contributed by atoms with E-state index in [0.717, 1.165) is 83.5 Å². The Hall–Kier alpha value is -8.40. The third kappa shape index (κ3) is 6.38. The van der Waals surface area contributed by atoms with Gasteiger partial charge in [-0.05, 0) is 100 Å². The first-order chi connectivity index (χ1) is 31.2. The molecule has 0 radical (unpaired) electrons. The van der Waals surface area contributed by atoms with E-state index < -0.39 is 0 Å². The van der Waals surface area contributed by atoms with Crippen LogP contribution in [0.4, 0.5) is 17.1 Å². The summed E-state index contributed by atoms with van der Waals surface area (Å²) in [5.74, 6) is 0. The molecule has 3 heteroatoms. The fourth-order valence-electron chi connectivity index (χ4n) is 9.46. The van der Waals surface area contributed by atoms with Gasteiger partial charge in [-0.3, -0.25) is 0 Å². The predicted octanol–water partition coefficient (Wildman–Crippen LogP) is 16.8. The van der Waals surface area contributed by atoms with Gasteiger partial charge in [0, 0.05) is 49.7 Å². The van der Waals surface area contributed by atoms with Crippen molar-refractivity contribution in [1.29, 1.82) is 0 Å². The van der Waals surface area contributed by atoms with Gasteiger partial charge in [0.15, 0.2) is 0 Å². The summed E-state index contributed by atoms with van der Waals surface area (Å²) in [6.07, 6.45) is 0. The Bertz CT molecular complexity index is 3580. The third-order valence-corrected chi connectivity index (χ3v) is 12.4. The Morgan fingerprint density at radius 3 is 1.43 bits per heavy atom. The highest BCUT2D eigenvalue weighted by Gasteiger charge is 2.23. The van der Waals surface area contributed by atoms with Crippen LogP contribution in [0.2, 0.25) is 0 Å². The molecule has 0 bridgehead atoms. The van der Waals surface area contributed by atoms with Gasteiger partial charge in [0.1, 0.15) is 11.2 Å². The van der Waals surface area contributed by atoms with Gasteiger partial charge in [-0.25, -0.2) is 0 Å². The molecule has 0 aliphatic rings. The lowest BCUT2D eigenvalue weighted by Gasteiger charge is -2.27. The second-order valence-corrected chi connectivity index (χ2v) is 16.1. The highest BCUT2D eigenvalue weighted by Crippen LogP contribution is 2.46. The fraction of sp³-hybridized carbons (Fsp3) is 0. The highest BCUT2D eigenvalue weighted by molar-refractivity contribution is 6.14. The Morgan fingerprint density at radius 2 is 0.778 bits per heavy atom. The van der Waals surface area contributed by atoms with E-state index in [-0.39, 0.29) is 0 Å². The van der Waals surface area contributed by atoms with Crippen molar-refractivity contribution in [3.8, 4) is 50.2 Å². The van der Waals surface area contributed by atoms with Crippen LogP contribution in [0.3, 0.4) is 0 Å². The first-order valence-corrected chi connectivity index (χ1v) is 21.5. The molecule has 3 nitrogen and oxygen atoms in total. The van der Waals surface area contributed by atoms with Gasteiger partial charge in [0.2, 0.25) is 0 Å². The summed E-state index contributed by atoms with van der Waals surface area (Å²) in [6.45, 7) is 0. The standard InChI is InChI=1S/C60H40N2O/c1-3-18-41(19-4-1)43-22-15-23-44(36-43)46-25-17-27-48(38-46)61(47-26-16-24-45(37-47)42-20-5-2-6-21-42)49-39-54(60-55(40-49)53-31-10-14-35-59(53)63-60)52-30-9-13-34-58(52)62-56-32-11-7-28-50(56)51-29-8-12-33-57(51)62/h1-40H. The van der Waals surface area contributed by atoms with Crippen molar-refractivity contribution in [3.05, 3.63) is 243 Å². The van der Waals surface area contributed by atoms with E-state index in [0.29, 0.717) is 0 Å². The van der Waals surface area contributed by atoms with Crippen LogP contribution in [0.5, 0.6) is 0 Å². The molecule has 0 unspecified atom stereocenters. The van der Waals surface area contributed by atoms with Crippen LogP contribution < -0.4 is 4.90 Å². The minimum absolute atomic E-state index is 0.859.